The van der Waals surface area contributed by atoms with E-state index in [9.17, 15) is 33.2 Å². The molecule has 2 saturated heterocycles. The van der Waals surface area contributed by atoms with Crippen LogP contribution in [0.4, 0.5) is 0 Å². The van der Waals surface area contributed by atoms with Crippen LogP contribution in [0.1, 0.15) is 54.4 Å². The van der Waals surface area contributed by atoms with Crippen LogP contribution < -0.4 is 5.32 Å². The second-order valence-electron chi connectivity index (χ2n) is 12.2. The maximum Gasteiger partial charge on any atom is 0.476 e. The molecule has 7 atom stereocenters. The lowest BCUT2D eigenvalue weighted by Crippen LogP contribution is -2.54. The third-order valence-electron chi connectivity index (χ3n) is 8.02. The van der Waals surface area contributed by atoms with Crippen LogP contribution in [0.15, 0.2) is 0 Å². The Morgan fingerprint density at radius 3 is 2.43 bits per heavy atom. The van der Waals surface area contributed by atoms with E-state index < -0.39 is 57.4 Å². The van der Waals surface area contributed by atoms with Gasteiger partial charge in [-0.3, -0.25) is 14.4 Å². The van der Waals surface area contributed by atoms with Crippen LogP contribution in [0, 0.1) is 51.9 Å². The highest BCUT2D eigenvalue weighted by molar-refractivity contribution is 7.92. The molecule has 12 heteroatoms. The standard InChI is InChI=1S/C25H37N5O6S/c1-14(31)29-9-8-15(22(29)33)10-16(11-26)28-21(32)20-19-18(25(19,5)6)13-30(20)23(34)17(24(2,3)4)12-27-37(7,35)36/h14-20,31H,8-10,13H2,1-7H3/p+1/t14?,15-,16-,17?,18-,19-,20-/m0/s1. The van der Waals surface area contributed by atoms with E-state index >= 15 is 0 Å². The number of aliphatic hydroxyl groups excluding tert-OH is 1. The number of hydrogen-bond acceptors (Lipinski definition) is 7. The fourth-order valence-corrected chi connectivity index (χ4v) is 6.08. The number of nitriles is 1. The van der Waals surface area contributed by atoms with E-state index in [0.29, 0.717) is 19.5 Å². The van der Waals surface area contributed by atoms with E-state index in [1.165, 1.54) is 16.7 Å². The lowest BCUT2D eigenvalue weighted by atomic mass is 9.80. The number of amides is 3. The summed E-state index contributed by atoms with van der Waals surface area (Å²) in [6.07, 6.45) is 0.596. The number of carbonyl (C=O) groups excluding carboxylic acids is 3. The molecule has 1 saturated carbocycles. The van der Waals surface area contributed by atoms with E-state index in [0.717, 1.165) is 6.26 Å². The Bertz CT molecular complexity index is 1170. The molecule has 2 aliphatic heterocycles. The first kappa shape index (κ1) is 28.9. The zero-order chi connectivity index (χ0) is 28.1. The van der Waals surface area contributed by atoms with Gasteiger partial charge in [-0.1, -0.05) is 34.6 Å². The number of aliphatic hydroxyl groups is 1. The van der Waals surface area contributed by atoms with Crippen LogP contribution in [0.25, 0.3) is 4.25 Å². The number of nitrogens with one attached hydrogen (secondary N) is 1. The van der Waals surface area contributed by atoms with Gasteiger partial charge in [0.25, 0.3) is 0 Å². The highest BCUT2D eigenvalue weighted by Gasteiger charge is 2.70. The smallest absolute Gasteiger partial charge is 0.374 e. The number of nitrogens with zero attached hydrogens (tertiary/aromatic N) is 4. The molecule has 2 heterocycles. The van der Waals surface area contributed by atoms with Crippen molar-refractivity contribution in [2.45, 2.75) is 72.7 Å². The van der Waals surface area contributed by atoms with Crippen molar-refractivity contribution in [1.82, 2.24) is 15.1 Å². The predicted octanol–water partition coefficient (Wildman–Crippen LogP) is 1.01. The lowest BCUT2D eigenvalue weighted by molar-refractivity contribution is -0.144. The van der Waals surface area contributed by atoms with Crippen LogP contribution in [0.2, 0.25) is 0 Å². The predicted molar refractivity (Wildman–Crippen MR) is 135 cm³/mol. The van der Waals surface area contributed by atoms with Gasteiger partial charge >= 0.3 is 16.1 Å². The molecule has 204 valence electrons. The summed E-state index contributed by atoms with van der Waals surface area (Å²) in [5, 5.41) is 22.2. The number of fused-ring (bicyclic) bond motifs is 1. The first-order valence-electron chi connectivity index (χ1n) is 12.6. The molecule has 11 nitrogen and oxygen atoms in total. The molecule has 2 unspecified atom stereocenters. The first-order valence-corrected chi connectivity index (χ1v) is 14.4. The topological polar surface area (TPSA) is 152 Å². The Morgan fingerprint density at radius 1 is 1.32 bits per heavy atom. The van der Waals surface area contributed by atoms with Crippen molar-refractivity contribution < 1.29 is 27.9 Å². The fraction of sp³-hybridized carbons (Fsp3) is 0.800. The van der Waals surface area contributed by atoms with Crippen LogP contribution >= 0.6 is 0 Å². The zero-order valence-electron chi connectivity index (χ0n) is 22.6. The largest absolute Gasteiger partial charge is 0.476 e. The van der Waals surface area contributed by atoms with Crippen LogP contribution in [0.5, 0.6) is 0 Å². The van der Waals surface area contributed by atoms with Gasteiger partial charge in [-0.05, 0) is 42.4 Å². The van der Waals surface area contributed by atoms with Crippen molar-refractivity contribution in [2.24, 2.45) is 34.5 Å². The summed E-state index contributed by atoms with van der Waals surface area (Å²) >= 11 is 0. The number of carbonyl (C=O) groups is 3. The van der Waals surface area contributed by atoms with Gasteiger partial charge in [-0.25, -0.2) is 0 Å². The molecule has 0 spiro atoms. The van der Waals surface area contributed by atoms with Gasteiger partial charge in [0.2, 0.25) is 17.7 Å². The van der Waals surface area contributed by atoms with Gasteiger partial charge in [-0.15, -0.1) is 8.42 Å². The Labute approximate surface area is 219 Å². The Hall–Kier alpha value is -2.70. The first-order chi connectivity index (χ1) is 16.9. The Morgan fingerprint density at radius 2 is 1.95 bits per heavy atom. The lowest BCUT2D eigenvalue weighted by Gasteiger charge is -2.34. The fourth-order valence-electron chi connectivity index (χ4n) is 5.79. The van der Waals surface area contributed by atoms with Crippen molar-refractivity contribution in [2.75, 3.05) is 19.3 Å². The molecule has 0 aromatic heterocycles. The molecule has 3 aliphatic rings. The van der Waals surface area contributed by atoms with Crippen LogP contribution in [-0.4, -0.2) is 78.7 Å². The number of piperidine rings is 1. The normalized spacial score (nSPS) is 28.9. The minimum atomic E-state index is -3.75. The van der Waals surface area contributed by atoms with E-state index in [1.54, 1.807) is 20.8 Å². The molecule has 3 fully saturated rings. The molecule has 1 aliphatic carbocycles. The van der Waals surface area contributed by atoms with Gasteiger partial charge in [0.1, 0.15) is 24.6 Å². The summed E-state index contributed by atoms with van der Waals surface area (Å²) in [4.78, 5) is 42.6. The average molecular weight is 537 g/mol. The third-order valence-corrected chi connectivity index (χ3v) is 8.45. The molecule has 37 heavy (non-hydrogen) atoms. The summed E-state index contributed by atoms with van der Waals surface area (Å²) in [6.45, 7) is 11.6. The highest BCUT2D eigenvalue weighted by Crippen LogP contribution is 2.65. The molecule has 0 radical (unpaired) electrons. The molecule has 2 N–H and O–H groups in total. The molecule has 0 aromatic rings. The maximum absolute atomic E-state index is 13.7. The van der Waals surface area contributed by atoms with Crippen molar-refractivity contribution in [3.8, 4) is 12.1 Å². The molecule has 0 bridgehead atoms. The number of rotatable bonds is 6. The van der Waals surface area contributed by atoms with Crippen molar-refractivity contribution >= 4 is 27.7 Å². The SMILES string of the molecule is CC(O)N1CC[C@@H](C[C@@H](C#N)NC(=O)[C@@H]2[C@@H]3[C@H](CN2C(=O)C(C#[N+]S(C)(=O)=O)C(C)(C)C)C3(C)C)C1=O. The van der Waals surface area contributed by atoms with Gasteiger partial charge < -0.3 is 20.2 Å². The molecular weight excluding hydrogens is 498 g/mol. The van der Waals surface area contributed by atoms with E-state index in [2.05, 4.69) is 21.7 Å². The molecule has 3 rings (SSSR count). The minimum absolute atomic E-state index is 0.0937. The van der Waals surface area contributed by atoms with E-state index in [4.69, 9.17) is 0 Å². The van der Waals surface area contributed by atoms with Gasteiger partial charge in [0.15, 0.2) is 5.92 Å². The average Bonchev–Trinajstić information content (AvgIpc) is 3.10. The van der Waals surface area contributed by atoms with E-state index in [-0.39, 0.29) is 29.6 Å². The summed E-state index contributed by atoms with van der Waals surface area (Å²) in [5.41, 5.74) is -0.871. The van der Waals surface area contributed by atoms with Crippen LogP contribution in [-0.2, 0) is 24.4 Å². The van der Waals surface area contributed by atoms with Crippen molar-refractivity contribution in [1.29, 1.82) is 5.26 Å². The van der Waals surface area contributed by atoms with Crippen molar-refractivity contribution in [3.63, 3.8) is 0 Å². The maximum atomic E-state index is 13.7. The summed E-state index contributed by atoms with van der Waals surface area (Å²) < 4.78 is 26.7. The van der Waals surface area contributed by atoms with Crippen molar-refractivity contribution in [3.05, 3.63) is 4.25 Å². The summed E-state index contributed by atoms with van der Waals surface area (Å²) in [6, 6.07) is 2.79. The second-order valence-corrected chi connectivity index (χ2v) is 13.9. The summed E-state index contributed by atoms with van der Waals surface area (Å²) in [7, 11) is -3.75. The molecular formula is C25H38N5O6S+. The van der Waals surface area contributed by atoms with Gasteiger partial charge in [0.05, 0.1) is 10.3 Å². The monoisotopic (exact) mass is 536 g/mol. The minimum Gasteiger partial charge on any atom is -0.374 e. The summed E-state index contributed by atoms with van der Waals surface area (Å²) in [5.74, 6) is -2.65. The highest BCUT2D eigenvalue weighted by atomic mass is 32.2. The molecule has 3 amide bonds. The number of sulfonamides is 1. The number of hydrogen-bond donors (Lipinski definition) is 2. The Kier molecular flexibility index (Phi) is 7.71. The Balaban J connectivity index is 1.81. The second kappa shape index (κ2) is 9.88. The zero-order valence-corrected chi connectivity index (χ0v) is 23.4. The van der Waals surface area contributed by atoms with Gasteiger partial charge in [0, 0.05) is 19.0 Å². The number of likely N-dealkylation sites (tertiary alicyclic amines) is 2. The van der Waals surface area contributed by atoms with E-state index in [1.807, 2.05) is 13.8 Å². The quantitative estimate of drug-likeness (QED) is 0.514. The molecule has 0 aromatic carbocycles. The van der Waals surface area contributed by atoms with Gasteiger partial charge in [-0.2, -0.15) is 5.26 Å². The van der Waals surface area contributed by atoms with Crippen LogP contribution in [0.3, 0.4) is 0 Å². The third kappa shape index (κ3) is 5.91.